The summed E-state index contributed by atoms with van der Waals surface area (Å²) in [5.74, 6) is -3.46. The van der Waals surface area contributed by atoms with Gasteiger partial charge in [0, 0.05) is 25.5 Å². The SMILES string of the molecule is CC[C@@]12SS[C@]3(C(=O)N1C)[C@@H](O)[C@]1([C@@]45c6cc(F)ccc6N[C@@H]4N4C(=O)[C@]6(CC)SS[C@]4(C(=O)N6C)[C@H]5O)c4cc(F)ccc4N[C@@H]1N3C2=O. The van der Waals surface area contributed by atoms with Crippen LogP contribution in [-0.4, -0.2) is 112 Å². The third kappa shape index (κ3) is 2.70. The highest BCUT2D eigenvalue weighted by atomic mass is 33.1. The molecule has 0 aromatic heterocycles. The Morgan fingerprint density at radius 1 is 0.660 bits per heavy atom. The zero-order valence-electron chi connectivity index (χ0n) is 26.9. The lowest BCUT2D eigenvalue weighted by Crippen LogP contribution is -2.78. The highest BCUT2D eigenvalue weighted by molar-refractivity contribution is 8.78. The highest BCUT2D eigenvalue weighted by Crippen LogP contribution is 2.79. The van der Waals surface area contributed by atoms with Crippen LogP contribution in [0.5, 0.6) is 0 Å². The number of piperazine rings is 2. The van der Waals surface area contributed by atoms with Gasteiger partial charge in [0.15, 0.2) is 9.74 Å². The Labute approximate surface area is 300 Å². The molecule has 10 aliphatic rings. The highest BCUT2D eigenvalue weighted by Gasteiger charge is 2.93. The number of carbonyl (C=O) groups is 4. The molecule has 8 fully saturated rings. The van der Waals surface area contributed by atoms with Crippen molar-refractivity contribution in [1.82, 2.24) is 19.6 Å². The lowest BCUT2D eigenvalue weighted by Gasteiger charge is -2.59. The Bertz CT molecular complexity index is 1910. The number of rotatable bonds is 3. The second-order valence-corrected chi connectivity index (χ2v) is 19.4. The van der Waals surface area contributed by atoms with Crippen molar-refractivity contribution in [2.75, 3.05) is 24.7 Å². The van der Waals surface area contributed by atoms with Crippen molar-refractivity contribution < 1.29 is 38.2 Å². The zero-order chi connectivity index (χ0) is 35.3. The number of nitrogens with zero attached hydrogens (tertiary/aromatic N) is 4. The molecule has 2 aromatic carbocycles. The lowest BCUT2D eigenvalue weighted by molar-refractivity contribution is -0.167. The summed E-state index contributed by atoms with van der Waals surface area (Å²) >= 11 is 0. The van der Waals surface area contributed by atoms with Gasteiger partial charge in [-0.3, -0.25) is 29.0 Å². The van der Waals surface area contributed by atoms with Gasteiger partial charge in [-0.25, -0.2) is 8.78 Å². The number of hydrogen-bond acceptors (Lipinski definition) is 12. The molecule has 50 heavy (non-hydrogen) atoms. The fourth-order valence-electron chi connectivity index (χ4n) is 10.6. The van der Waals surface area contributed by atoms with Gasteiger partial charge in [0.1, 0.15) is 36.2 Å². The van der Waals surface area contributed by atoms with E-state index in [-0.39, 0.29) is 24.0 Å². The molecule has 10 heterocycles. The molecule has 4 amide bonds. The molecule has 10 aliphatic heterocycles. The minimum absolute atomic E-state index is 0.131. The Balaban J connectivity index is 1.36. The molecule has 12 nitrogen and oxygen atoms in total. The van der Waals surface area contributed by atoms with Gasteiger partial charge in [-0.15, -0.1) is 0 Å². The van der Waals surface area contributed by atoms with Crippen LogP contribution < -0.4 is 10.6 Å². The average molecular weight is 761 g/mol. The van der Waals surface area contributed by atoms with Gasteiger partial charge in [-0.2, -0.15) is 0 Å². The van der Waals surface area contributed by atoms with E-state index < -0.39 is 90.1 Å². The van der Waals surface area contributed by atoms with E-state index in [0.717, 1.165) is 43.2 Å². The average Bonchev–Trinajstić information content (AvgIpc) is 3.75. The van der Waals surface area contributed by atoms with Crippen molar-refractivity contribution in [2.45, 2.75) is 81.5 Å². The molecule has 4 bridgehead atoms. The van der Waals surface area contributed by atoms with Gasteiger partial charge in [-0.05, 0) is 82.0 Å². The Hall–Kier alpha value is -2.90. The van der Waals surface area contributed by atoms with E-state index in [1.54, 1.807) is 13.8 Å². The lowest BCUT2D eigenvalue weighted by atomic mass is 9.52. The molecule has 8 saturated heterocycles. The predicted molar refractivity (Wildman–Crippen MR) is 184 cm³/mol. The first-order valence-electron chi connectivity index (χ1n) is 16.2. The van der Waals surface area contributed by atoms with E-state index in [0.29, 0.717) is 11.4 Å². The molecule has 2 aromatic rings. The third-order valence-corrected chi connectivity index (χ3v) is 20.4. The van der Waals surface area contributed by atoms with Crippen LogP contribution in [0.25, 0.3) is 0 Å². The number of nitrogens with one attached hydrogen (secondary N) is 2. The molecule has 2 spiro atoms. The van der Waals surface area contributed by atoms with E-state index in [1.165, 1.54) is 70.1 Å². The van der Waals surface area contributed by atoms with E-state index in [1.807, 2.05) is 0 Å². The molecule has 0 unspecified atom stereocenters. The summed E-state index contributed by atoms with van der Waals surface area (Å²) in [5, 5.41) is 33.4. The fraction of sp³-hybridized carbons (Fsp3) is 0.500. The van der Waals surface area contributed by atoms with Crippen LogP contribution in [0, 0.1) is 11.6 Å². The number of carbonyl (C=O) groups excluding carboxylic acids is 4. The minimum atomic E-state index is -2.05. The third-order valence-electron chi connectivity index (χ3n) is 12.8. The summed E-state index contributed by atoms with van der Waals surface area (Å²) < 4.78 is 31.3. The summed E-state index contributed by atoms with van der Waals surface area (Å²) in [7, 11) is 7.42. The van der Waals surface area contributed by atoms with Crippen LogP contribution in [-0.2, 0) is 30.0 Å². The summed E-state index contributed by atoms with van der Waals surface area (Å²) in [4.78, 5) is 58.0. The Morgan fingerprint density at radius 3 is 1.40 bits per heavy atom. The van der Waals surface area contributed by atoms with Crippen molar-refractivity contribution in [3.63, 3.8) is 0 Å². The standard InChI is InChI=1S/C32H30F2N6O6S4/c1-5-27-23(43)39-21-29(15-11-13(33)7-9-17(15)35-21,19(41)31(39,49-47-27)25(45)37(27)3)30-16-12-14(34)8-10-18(16)36-22(30)40-24(44)28(6-2)38(4)26(46)32(40,20(30)42)50-48-28/h7-12,19-22,35-36,41-42H,5-6H2,1-4H3/t19-,20-,21+,22+,27-,28-,29+,30+,31-,32-/m0/s1. The predicted octanol–water partition coefficient (Wildman–Crippen LogP) is 2.39. The van der Waals surface area contributed by atoms with Crippen LogP contribution in [0.3, 0.4) is 0 Å². The van der Waals surface area contributed by atoms with Gasteiger partial charge < -0.3 is 30.6 Å². The number of aliphatic hydroxyl groups is 2. The van der Waals surface area contributed by atoms with Gasteiger partial charge in [0.2, 0.25) is 9.74 Å². The van der Waals surface area contributed by atoms with Gasteiger partial charge in [0.25, 0.3) is 23.6 Å². The first kappa shape index (κ1) is 31.8. The summed E-state index contributed by atoms with van der Waals surface area (Å²) in [6.45, 7) is 3.57. The number of anilines is 2. The maximum atomic E-state index is 15.7. The zero-order valence-corrected chi connectivity index (χ0v) is 30.2. The van der Waals surface area contributed by atoms with E-state index in [4.69, 9.17) is 0 Å². The van der Waals surface area contributed by atoms with Crippen molar-refractivity contribution in [3.8, 4) is 0 Å². The number of benzene rings is 2. The molecule has 12 rings (SSSR count). The summed E-state index contributed by atoms with van der Waals surface area (Å²) in [5.41, 5.74) is -3.20. The second-order valence-electron chi connectivity index (χ2n) is 14.1. The van der Waals surface area contributed by atoms with Gasteiger partial charge >= 0.3 is 0 Å². The van der Waals surface area contributed by atoms with Crippen molar-refractivity contribution >= 4 is 78.2 Å². The monoisotopic (exact) mass is 760 g/mol. The van der Waals surface area contributed by atoms with E-state index in [2.05, 4.69) is 10.6 Å². The number of aliphatic hydroxyl groups excluding tert-OH is 2. The second kappa shape index (κ2) is 9.17. The normalized spacial score (nSPS) is 44.2. The largest absolute Gasteiger partial charge is 0.388 e. The van der Waals surface area contributed by atoms with Crippen LogP contribution >= 0.6 is 43.2 Å². The van der Waals surface area contributed by atoms with E-state index in [9.17, 15) is 29.4 Å². The molecule has 18 heteroatoms. The van der Waals surface area contributed by atoms with Gasteiger partial charge in [0.05, 0.1) is 10.8 Å². The summed E-state index contributed by atoms with van der Waals surface area (Å²) in [6, 6.07) is 7.75. The first-order chi connectivity index (χ1) is 23.7. The first-order valence-corrected chi connectivity index (χ1v) is 20.5. The molecule has 10 atom stereocenters. The quantitative estimate of drug-likeness (QED) is 0.341. The van der Waals surface area contributed by atoms with Gasteiger partial charge in [-0.1, -0.05) is 35.4 Å². The van der Waals surface area contributed by atoms with Crippen molar-refractivity contribution in [3.05, 3.63) is 59.2 Å². The van der Waals surface area contributed by atoms with E-state index >= 15 is 8.78 Å². The Morgan fingerprint density at radius 2 is 1.04 bits per heavy atom. The van der Waals surface area contributed by atoms with Crippen molar-refractivity contribution in [2.24, 2.45) is 0 Å². The molecular formula is C32H30F2N6O6S4. The van der Waals surface area contributed by atoms with Crippen LogP contribution in [0.15, 0.2) is 36.4 Å². The van der Waals surface area contributed by atoms with Crippen molar-refractivity contribution in [1.29, 1.82) is 0 Å². The van der Waals surface area contributed by atoms with Crippen LogP contribution in [0.1, 0.15) is 37.8 Å². The summed E-state index contributed by atoms with van der Waals surface area (Å²) in [6.07, 6.45) is -5.93. The smallest absolute Gasteiger partial charge is 0.264 e. The molecule has 4 N–H and O–H groups in total. The number of fused-ring (bicyclic) bond motifs is 11. The molecule has 0 saturated carbocycles. The maximum Gasteiger partial charge on any atom is 0.264 e. The van der Waals surface area contributed by atoms with Crippen LogP contribution in [0.2, 0.25) is 0 Å². The minimum Gasteiger partial charge on any atom is -0.388 e. The number of hydrogen-bond donors (Lipinski definition) is 4. The molecular weight excluding hydrogens is 731 g/mol. The van der Waals surface area contributed by atoms with Crippen LogP contribution in [0.4, 0.5) is 20.2 Å². The molecule has 0 radical (unpaired) electrons. The fourth-order valence-corrected chi connectivity index (χ4v) is 18.4. The molecule has 262 valence electrons. The number of amides is 4. The number of likely N-dealkylation sites (N-methyl/N-ethyl adjacent to an activating group) is 2. The Kier molecular flexibility index (Phi) is 5.84. The molecule has 0 aliphatic carbocycles. The topological polar surface area (TPSA) is 146 Å². The maximum absolute atomic E-state index is 15.7. The number of halogens is 2.